The van der Waals surface area contributed by atoms with E-state index in [0.717, 1.165) is 10.7 Å². The quantitative estimate of drug-likeness (QED) is 0.670. The van der Waals surface area contributed by atoms with E-state index in [1.807, 2.05) is 19.1 Å². The maximum atomic E-state index is 11.4. The number of nitrogens with one attached hydrogen (secondary N) is 1. The zero-order chi connectivity index (χ0) is 13.6. The molecule has 1 heterocycles. The molecule has 3 nitrogen and oxygen atoms in total. The summed E-state index contributed by atoms with van der Waals surface area (Å²) in [5.74, 6) is -0.0967. The van der Waals surface area contributed by atoms with Gasteiger partial charge in [-0.2, -0.15) is 0 Å². The summed E-state index contributed by atoms with van der Waals surface area (Å²) in [6.07, 6.45) is 6.93. The van der Waals surface area contributed by atoms with Crippen LogP contribution in [-0.2, 0) is 16.8 Å². The Hall–Kier alpha value is -1.42. The zero-order valence-electron chi connectivity index (χ0n) is 11.4. The van der Waals surface area contributed by atoms with Crippen molar-refractivity contribution in [2.24, 2.45) is 0 Å². The molecule has 1 aromatic rings. The molecule has 0 aliphatic heterocycles. The van der Waals surface area contributed by atoms with Gasteiger partial charge in [0.05, 0.1) is 12.2 Å². The lowest BCUT2D eigenvalue weighted by Gasteiger charge is -2.14. The Morgan fingerprint density at radius 2 is 2.17 bits per heavy atom. The SMILES string of the molecule is CC=CC=CC(=O)NCc1nc(C(C)(C)C)cs1. The van der Waals surface area contributed by atoms with Crippen LogP contribution in [0.2, 0.25) is 0 Å². The number of rotatable bonds is 4. The molecule has 0 bridgehead atoms. The Balaban J connectivity index is 2.49. The van der Waals surface area contributed by atoms with Crippen LogP contribution in [0.25, 0.3) is 0 Å². The summed E-state index contributed by atoms with van der Waals surface area (Å²) in [6.45, 7) is 8.78. The Labute approximate surface area is 113 Å². The number of carbonyl (C=O) groups excluding carboxylic acids is 1. The minimum Gasteiger partial charge on any atom is -0.346 e. The van der Waals surface area contributed by atoms with E-state index < -0.39 is 0 Å². The molecule has 4 heteroatoms. The number of aromatic nitrogens is 1. The van der Waals surface area contributed by atoms with Gasteiger partial charge in [0.2, 0.25) is 5.91 Å². The molecule has 0 spiro atoms. The van der Waals surface area contributed by atoms with Crippen molar-refractivity contribution in [3.63, 3.8) is 0 Å². The van der Waals surface area contributed by atoms with Crippen molar-refractivity contribution < 1.29 is 4.79 Å². The number of carbonyl (C=O) groups is 1. The molecular weight excluding hydrogens is 244 g/mol. The first-order chi connectivity index (χ1) is 8.43. The van der Waals surface area contributed by atoms with E-state index in [2.05, 4.69) is 36.5 Å². The summed E-state index contributed by atoms with van der Waals surface area (Å²) in [4.78, 5) is 16.0. The fourth-order valence-electron chi connectivity index (χ4n) is 1.21. The largest absolute Gasteiger partial charge is 0.346 e. The molecule has 18 heavy (non-hydrogen) atoms. The average molecular weight is 264 g/mol. The van der Waals surface area contributed by atoms with Crippen LogP contribution in [0.4, 0.5) is 0 Å². The van der Waals surface area contributed by atoms with E-state index in [4.69, 9.17) is 0 Å². The Bertz CT molecular complexity index is 453. The summed E-state index contributed by atoms with van der Waals surface area (Å²) in [7, 11) is 0. The van der Waals surface area contributed by atoms with Gasteiger partial charge >= 0.3 is 0 Å². The summed E-state index contributed by atoms with van der Waals surface area (Å²) in [5.41, 5.74) is 1.13. The molecule has 1 N–H and O–H groups in total. The molecule has 1 rings (SSSR count). The van der Waals surface area contributed by atoms with Gasteiger partial charge in [0.25, 0.3) is 0 Å². The van der Waals surface area contributed by atoms with Crippen molar-refractivity contribution >= 4 is 17.2 Å². The van der Waals surface area contributed by atoms with Gasteiger partial charge in [0.1, 0.15) is 5.01 Å². The lowest BCUT2D eigenvalue weighted by molar-refractivity contribution is -0.116. The molecule has 0 unspecified atom stereocenters. The van der Waals surface area contributed by atoms with Crippen molar-refractivity contribution in [3.8, 4) is 0 Å². The van der Waals surface area contributed by atoms with Crippen LogP contribution in [0, 0.1) is 0 Å². The van der Waals surface area contributed by atoms with Crippen LogP contribution < -0.4 is 5.32 Å². The van der Waals surface area contributed by atoms with Crippen molar-refractivity contribution in [2.45, 2.75) is 39.7 Å². The number of amides is 1. The van der Waals surface area contributed by atoms with Crippen molar-refractivity contribution in [1.82, 2.24) is 10.3 Å². The standard InChI is InChI=1S/C14H20N2OS/c1-5-6-7-8-12(17)15-9-13-16-11(10-18-13)14(2,3)4/h5-8,10H,9H2,1-4H3,(H,15,17). The highest BCUT2D eigenvalue weighted by molar-refractivity contribution is 7.09. The molecule has 1 amide bonds. The number of thiazole rings is 1. The smallest absolute Gasteiger partial charge is 0.244 e. The number of hydrogen-bond acceptors (Lipinski definition) is 3. The van der Waals surface area contributed by atoms with Gasteiger partial charge in [-0.15, -0.1) is 11.3 Å². The second kappa shape index (κ2) is 6.50. The molecule has 0 saturated carbocycles. The topological polar surface area (TPSA) is 42.0 Å². The first-order valence-electron chi connectivity index (χ1n) is 5.95. The molecule has 98 valence electrons. The van der Waals surface area contributed by atoms with Crippen molar-refractivity contribution in [2.75, 3.05) is 0 Å². The Morgan fingerprint density at radius 3 is 2.72 bits per heavy atom. The normalized spacial score (nSPS) is 12.4. The number of allylic oxidation sites excluding steroid dienone is 3. The van der Waals surface area contributed by atoms with E-state index in [9.17, 15) is 4.79 Å². The fraction of sp³-hybridized carbons (Fsp3) is 0.429. The Kier molecular flexibility index (Phi) is 5.28. The highest BCUT2D eigenvalue weighted by Gasteiger charge is 2.17. The Morgan fingerprint density at radius 1 is 1.44 bits per heavy atom. The third-order valence-corrected chi connectivity index (χ3v) is 3.13. The summed E-state index contributed by atoms with van der Waals surface area (Å²) < 4.78 is 0. The van der Waals surface area contributed by atoms with Gasteiger partial charge < -0.3 is 5.32 Å². The second-order valence-corrected chi connectivity index (χ2v) is 5.92. The summed E-state index contributed by atoms with van der Waals surface area (Å²) in [6, 6.07) is 0. The van der Waals surface area contributed by atoms with Crippen LogP contribution in [0.5, 0.6) is 0 Å². The minimum absolute atomic E-state index is 0.0601. The van der Waals surface area contributed by atoms with Gasteiger partial charge in [0, 0.05) is 16.9 Å². The monoisotopic (exact) mass is 264 g/mol. The highest BCUT2D eigenvalue weighted by Crippen LogP contribution is 2.23. The van der Waals surface area contributed by atoms with Crippen LogP contribution in [-0.4, -0.2) is 10.9 Å². The molecule has 0 fully saturated rings. The van der Waals surface area contributed by atoms with Crippen LogP contribution in [0.1, 0.15) is 38.4 Å². The zero-order valence-corrected chi connectivity index (χ0v) is 12.2. The maximum Gasteiger partial charge on any atom is 0.244 e. The van der Waals surface area contributed by atoms with E-state index >= 15 is 0 Å². The first-order valence-corrected chi connectivity index (χ1v) is 6.83. The first kappa shape index (κ1) is 14.6. The molecule has 0 aliphatic rings. The van der Waals surface area contributed by atoms with Gasteiger partial charge in [0.15, 0.2) is 0 Å². The molecular formula is C14H20N2OS. The van der Waals surface area contributed by atoms with Crippen LogP contribution in [0.15, 0.2) is 29.7 Å². The molecule has 0 saturated heterocycles. The lowest BCUT2D eigenvalue weighted by atomic mass is 9.93. The highest BCUT2D eigenvalue weighted by atomic mass is 32.1. The van der Waals surface area contributed by atoms with Crippen LogP contribution in [0.3, 0.4) is 0 Å². The van der Waals surface area contributed by atoms with Gasteiger partial charge in [-0.3, -0.25) is 4.79 Å². The summed E-state index contributed by atoms with van der Waals surface area (Å²) >= 11 is 1.58. The predicted octanol–water partition coefficient (Wildman–Crippen LogP) is 3.19. The van der Waals surface area contributed by atoms with E-state index in [-0.39, 0.29) is 11.3 Å². The summed E-state index contributed by atoms with van der Waals surface area (Å²) in [5, 5.41) is 5.80. The minimum atomic E-state index is -0.0967. The second-order valence-electron chi connectivity index (χ2n) is 4.98. The van der Waals surface area contributed by atoms with E-state index in [0.29, 0.717) is 6.54 Å². The molecule has 1 aromatic heterocycles. The average Bonchev–Trinajstić information content (AvgIpc) is 2.75. The van der Waals surface area contributed by atoms with Gasteiger partial charge in [-0.1, -0.05) is 39.0 Å². The van der Waals surface area contributed by atoms with E-state index in [1.165, 1.54) is 6.08 Å². The third-order valence-electron chi connectivity index (χ3n) is 2.29. The van der Waals surface area contributed by atoms with Gasteiger partial charge in [-0.25, -0.2) is 4.98 Å². The third kappa shape index (κ3) is 4.84. The van der Waals surface area contributed by atoms with Crippen LogP contribution >= 0.6 is 11.3 Å². The van der Waals surface area contributed by atoms with Crippen molar-refractivity contribution in [1.29, 1.82) is 0 Å². The van der Waals surface area contributed by atoms with Crippen molar-refractivity contribution in [3.05, 3.63) is 40.4 Å². The number of hydrogen-bond donors (Lipinski definition) is 1. The molecule has 0 aliphatic carbocycles. The molecule has 0 aromatic carbocycles. The fourth-order valence-corrected chi connectivity index (χ4v) is 2.17. The number of nitrogens with zero attached hydrogens (tertiary/aromatic N) is 1. The lowest BCUT2D eigenvalue weighted by Crippen LogP contribution is -2.20. The molecule has 0 atom stereocenters. The van der Waals surface area contributed by atoms with E-state index in [1.54, 1.807) is 17.4 Å². The van der Waals surface area contributed by atoms with Gasteiger partial charge in [-0.05, 0) is 6.92 Å². The molecule has 0 radical (unpaired) electrons. The maximum absolute atomic E-state index is 11.4. The predicted molar refractivity (Wildman–Crippen MR) is 76.6 cm³/mol.